The summed E-state index contributed by atoms with van der Waals surface area (Å²) in [6.45, 7) is 3.60. The smallest absolute Gasteiger partial charge is 0.259 e. The van der Waals surface area contributed by atoms with E-state index in [0.717, 1.165) is 22.7 Å². The number of para-hydroxylation sites is 1. The Morgan fingerprint density at radius 2 is 1.81 bits per heavy atom. The Labute approximate surface area is 158 Å². The number of allylic oxidation sites excluding steroid dienone is 1. The summed E-state index contributed by atoms with van der Waals surface area (Å²) >= 11 is 0. The molecule has 0 unspecified atom stereocenters. The lowest BCUT2D eigenvalue weighted by Gasteiger charge is -2.07. The first kappa shape index (κ1) is 18.8. The van der Waals surface area contributed by atoms with Crippen molar-refractivity contribution in [3.8, 4) is 0 Å². The lowest BCUT2D eigenvalue weighted by Crippen LogP contribution is -2.11. The third-order valence-electron chi connectivity index (χ3n) is 4.45. The first-order chi connectivity index (χ1) is 12.8. The van der Waals surface area contributed by atoms with Crippen molar-refractivity contribution in [1.82, 2.24) is 3.97 Å². The highest BCUT2D eigenvalue weighted by Gasteiger charge is 2.21. The number of nitro groups is 1. The van der Waals surface area contributed by atoms with E-state index < -0.39 is 14.9 Å². The van der Waals surface area contributed by atoms with Crippen molar-refractivity contribution in [2.45, 2.75) is 31.6 Å². The summed E-state index contributed by atoms with van der Waals surface area (Å²) in [4.78, 5) is 10.4. The molecule has 6 nitrogen and oxygen atoms in total. The molecule has 0 aliphatic heterocycles. The van der Waals surface area contributed by atoms with Crippen molar-refractivity contribution < 1.29 is 13.3 Å². The molecular weight excluding hydrogens is 364 g/mol. The Morgan fingerprint density at radius 3 is 2.48 bits per heavy atom. The van der Waals surface area contributed by atoms with Crippen LogP contribution in [-0.2, 0) is 16.4 Å². The summed E-state index contributed by atoms with van der Waals surface area (Å²) in [5, 5.41) is 11.4. The van der Waals surface area contributed by atoms with Gasteiger partial charge < -0.3 is 0 Å². The fourth-order valence-electron chi connectivity index (χ4n) is 3.02. The van der Waals surface area contributed by atoms with E-state index in [2.05, 4.69) is 0 Å². The third-order valence-corrected chi connectivity index (χ3v) is 6.14. The molecular formula is C20H20N2O4S. The van der Waals surface area contributed by atoms with E-state index in [1.165, 1.54) is 3.97 Å². The SMILES string of the molecule is C/C(=C\[N+](=O)[O-])CCc1cn(S(=O)(=O)c2ccc(C)cc2)c2ccccc12. The van der Waals surface area contributed by atoms with Gasteiger partial charge in [0.1, 0.15) is 0 Å². The topological polar surface area (TPSA) is 82.2 Å². The quantitative estimate of drug-likeness (QED) is 0.469. The minimum absolute atomic E-state index is 0.227. The van der Waals surface area contributed by atoms with Gasteiger partial charge in [-0.25, -0.2) is 12.4 Å². The minimum Gasteiger partial charge on any atom is -0.259 e. The number of hydrogen-bond donors (Lipinski definition) is 0. The van der Waals surface area contributed by atoms with Crippen LogP contribution in [0.4, 0.5) is 0 Å². The van der Waals surface area contributed by atoms with E-state index in [1.54, 1.807) is 49.5 Å². The molecule has 0 fully saturated rings. The van der Waals surface area contributed by atoms with E-state index in [-0.39, 0.29) is 4.90 Å². The molecule has 27 heavy (non-hydrogen) atoms. The molecule has 3 aromatic rings. The summed E-state index contributed by atoms with van der Waals surface area (Å²) in [6.07, 6.45) is 3.62. The Kier molecular flexibility index (Phi) is 5.14. The van der Waals surface area contributed by atoms with Crippen LogP contribution in [0.1, 0.15) is 24.5 Å². The monoisotopic (exact) mass is 384 g/mol. The average Bonchev–Trinajstić information content (AvgIpc) is 2.99. The number of rotatable bonds is 6. The van der Waals surface area contributed by atoms with Crippen LogP contribution in [0, 0.1) is 17.0 Å². The maximum Gasteiger partial charge on any atom is 0.268 e. The van der Waals surface area contributed by atoms with Gasteiger partial charge in [-0.05, 0) is 56.0 Å². The van der Waals surface area contributed by atoms with Gasteiger partial charge in [-0.3, -0.25) is 10.1 Å². The van der Waals surface area contributed by atoms with Gasteiger partial charge in [-0.2, -0.15) is 0 Å². The first-order valence-electron chi connectivity index (χ1n) is 8.51. The molecule has 0 aliphatic rings. The van der Waals surface area contributed by atoms with Crippen molar-refractivity contribution in [3.63, 3.8) is 0 Å². The van der Waals surface area contributed by atoms with Crippen LogP contribution in [0.25, 0.3) is 10.9 Å². The lowest BCUT2D eigenvalue weighted by molar-refractivity contribution is -0.403. The first-order valence-corrected chi connectivity index (χ1v) is 9.95. The van der Waals surface area contributed by atoms with Gasteiger partial charge in [0.2, 0.25) is 6.20 Å². The third kappa shape index (κ3) is 3.93. The van der Waals surface area contributed by atoms with Crippen molar-refractivity contribution in [2.75, 3.05) is 0 Å². The molecule has 2 aromatic carbocycles. The largest absolute Gasteiger partial charge is 0.268 e. The molecule has 1 aromatic heterocycles. The molecule has 0 radical (unpaired) electrons. The van der Waals surface area contributed by atoms with E-state index in [0.29, 0.717) is 23.9 Å². The van der Waals surface area contributed by atoms with Gasteiger partial charge in [0.15, 0.2) is 0 Å². The Morgan fingerprint density at radius 1 is 1.15 bits per heavy atom. The highest BCUT2D eigenvalue weighted by atomic mass is 32.2. The van der Waals surface area contributed by atoms with E-state index in [1.807, 2.05) is 19.1 Å². The summed E-state index contributed by atoms with van der Waals surface area (Å²) < 4.78 is 27.5. The molecule has 0 N–H and O–H groups in total. The standard InChI is InChI=1S/C20H20N2O4S/c1-15-8-11-18(12-9-15)27(25,26)21-14-17(10-7-16(2)13-22(23)24)19-5-3-4-6-20(19)21/h3-6,8-9,11-14H,7,10H2,1-2H3/b16-13+. The molecule has 1 heterocycles. The Balaban J connectivity index is 2.04. The van der Waals surface area contributed by atoms with Gasteiger partial charge in [-0.1, -0.05) is 35.9 Å². The maximum absolute atomic E-state index is 13.1. The molecule has 0 saturated carbocycles. The van der Waals surface area contributed by atoms with Crippen LogP contribution in [0.3, 0.4) is 0 Å². The number of fused-ring (bicyclic) bond motifs is 1. The van der Waals surface area contributed by atoms with Gasteiger partial charge >= 0.3 is 0 Å². The van der Waals surface area contributed by atoms with Crippen LogP contribution in [0.2, 0.25) is 0 Å². The lowest BCUT2D eigenvalue weighted by atomic mass is 10.1. The van der Waals surface area contributed by atoms with Gasteiger partial charge in [0, 0.05) is 11.6 Å². The zero-order valence-corrected chi connectivity index (χ0v) is 15.9. The normalized spacial score (nSPS) is 12.4. The van der Waals surface area contributed by atoms with Gasteiger partial charge in [0.25, 0.3) is 10.0 Å². The van der Waals surface area contributed by atoms with E-state index in [9.17, 15) is 18.5 Å². The second-order valence-electron chi connectivity index (χ2n) is 6.55. The summed E-state index contributed by atoms with van der Waals surface area (Å²) in [6, 6.07) is 14.0. The maximum atomic E-state index is 13.1. The summed E-state index contributed by atoms with van der Waals surface area (Å²) in [5.74, 6) is 0. The molecule has 0 spiro atoms. The molecule has 0 amide bonds. The van der Waals surface area contributed by atoms with Gasteiger partial charge in [0.05, 0.1) is 15.3 Å². The number of aryl methyl sites for hydroxylation is 2. The molecule has 7 heteroatoms. The molecule has 140 valence electrons. The molecule has 0 saturated heterocycles. The second kappa shape index (κ2) is 7.36. The van der Waals surface area contributed by atoms with E-state index in [4.69, 9.17) is 0 Å². The zero-order valence-electron chi connectivity index (χ0n) is 15.1. The van der Waals surface area contributed by atoms with Crippen molar-refractivity contribution in [3.05, 3.63) is 87.7 Å². The highest BCUT2D eigenvalue weighted by Crippen LogP contribution is 2.27. The highest BCUT2D eigenvalue weighted by molar-refractivity contribution is 7.90. The summed E-state index contributed by atoms with van der Waals surface area (Å²) in [5.41, 5.74) is 3.07. The van der Waals surface area contributed by atoms with Crippen LogP contribution in [-0.4, -0.2) is 17.3 Å². The second-order valence-corrected chi connectivity index (χ2v) is 8.36. The van der Waals surface area contributed by atoms with Crippen LogP contribution >= 0.6 is 0 Å². The molecule has 3 rings (SSSR count). The Hall–Kier alpha value is -2.93. The molecule has 0 bridgehead atoms. The van der Waals surface area contributed by atoms with E-state index >= 15 is 0 Å². The predicted molar refractivity (Wildman–Crippen MR) is 105 cm³/mol. The zero-order chi connectivity index (χ0) is 19.6. The number of hydrogen-bond acceptors (Lipinski definition) is 4. The number of aromatic nitrogens is 1. The van der Waals surface area contributed by atoms with Crippen LogP contribution in [0.5, 0.6) is 0 Å². The number of benzene rings is 2. The fraction of sp³-hybridized carbons (Fsp3) is 0.200. The number of nitrogens with zero attached hydrogens (tertiary/aromatic N) is 2. The minimum atomic E-state index is -3.73. The predicted octanol–water partition coefficient (Wildman–Crippen LogP) is 4.30. The van der Waals surface area contributed by atoms with Crippen LogP contribution < -0.4 is 0 Å². The Bertz CT molecular complexity index is 1130. The average molecular weight is 384 g/mol. The van der Waals surface area contributed by atoms with Crippen LogP contribution in [0.15, 0.2) is 71.4 Å². The fourth-order valence-corrected chi connectivity index (χ4v) is 4.41. The van der Waals surface area contributed by atoms with Gasteiger partial charge in [-0.15, -0.1) is 0 Å². The molecule has 0 aliphatic carbocycles. The van der Waals surface area contributed by atoms with Crippen molar-refractivity contribution in [2.24, 2.45) is 0 Å². The molecule has 0 atom stereocenters. The van der Waals surface area contributed by atoms with Crippen molar-refractivity contribution >= 4 is 20.9 Å². The summed E-state index contributed by atoms with van der Waals surface area (Å²) in [7, 11) is -3.73. The van der Waals surface area contributed by atoms with Crippen molar-refractivity contribution in [1.29, 1.82) is 0 Å².